The molecule has 9 heteroatoms. The van der Waals surface area contributed by atoms with Crippen LogP contribution in [0.15, 0.2) is 30.3 Å². The minimum absolute atomic E-state index is 0.0248. The normalized spacial score (nSPS) is 11.2. The fourth-order valence-electron chi connectivity index (χ4n) is 1.66. The van der Waals surface area contributed by atoms with Crippen molar-refractivity contribution in [1.82, 2.24) is 15.0 Å². The van der Waals surface area contributed by atoms with Crippen molar-refractivity contribution in [2.75, 3.05) is 17.1 Å². The van der Waals surface area contributed by atoms with Crippen LogP contribution in [0.1, 0.15) is 12.5 Å². The third kappa shape index (κ3) is 5.12. The molecule has 2 aromatic rings. The summed E-state index contributed by atoms with van der Waals surface area (Å²) in [6, 6.07) is 9.29. The highest BCUT2D eigenvalue weighted by Crippen LogP contribution is 2.13. The smallest absolute Gasteiger partial charge is 0.322 e. The predicted molar refractivity (Wildman–Crippen MR) is 83.6 cm³/mol. The summed E-state index contributed by atoms with van der Waals surface area (Å²) < 4.78 is 31.5. The lowest BCUT2D eigenvalue weighted by molar-refractivity contribution is 0.312. The predicted octanol–water partition coefficient (Wildman–Crippen LogP) is 1.91. The first kappa shape index (κ1) is 16.4. The van der Waals surface area contributed by atoms with Crippen molar-refractivity contribution in [1.29, 1.82) is 0 Å². The van der Waals surface area contributed by atoms with Gasteiger partial charge in [-0.05, 0) is 30.5 Å². The fourth-order valence-corrected chi connectivity index (χ4v) is 2.79. The molecule has 0 spiro atoms. The molecule has 0 aliphatic rings. The second-order valence-electron chi connectivity index (χ2n) is 4.30. The highest BCUT2D eigenvalue weighted by molar-refractivity contribution is 7.92. The zero-order valence-electron chi connectivity index (χ0n) is 11.9. The molecule has 0 aliphatic heterocycles. The average molecular weight is 343 g/mol. The van der Waals surface area contributed by atoms with Crippen molar-refractivity contribution in [3.8, 4) is 6.01 Å². The van der Waals surface area contributed by atoms with Gasteiger partial charge in [0.05, 0.1) is 12.4 Å². The summed E-state index contributed by atoms with van der Waals surface area (Å²) in [5, 5.41) is -0.140. The van der Waals surface area contributed by atoms with Crippen LogP contribution >= 0.6 is 11.6 Å². The maximum atomic E-state index is 12.1. The van der Waals surface area contributed by atoms with Crippen LogP contribution in [0.2, 0.25) is 5.28 Å². The molecule has 118 valence electrons. The Bertz CT molecular complexity index is 725. The van der Waals surface area contributed by atoms with Crippen molar-refractivity contribution < 1.29 is 13.2 Å². The topological polar surface area (TPSA) is 94.1 Å². The molecule has 0 unspecified atom stereocenters. The highest BCUT2D eigenvalue weighted by atomic mass is 35.5. The number of ether oxygens (including phenoxy) is 1. The van der Waals surface area contributed by atoms with E-state index in [1.54, 1.807) is 6.92 Å². The third-order valence-corrected chi connectivity index (χ3v) is 4.01. The van der Waals surface area contributed by atoms with Crippen LogP contribution < -0.4 is 9.46 Å². The van der Waals surface area contributed by atoms with Crippen molar-refractivity contribution in [3.63, 3.8) is 0 Å². The largest absolute Gasteiger partial charge is 0.464 e. The van der Waals surface area contributed by atoms with Gasteiger partial charge in [0.2, 0.25) is 21.3 Å². The standard InChI is InChI=1S/C13H15ClN4O3S/c1-2-21-13-16-11(14)15-12(17-13)18-22(19,20)9-8-10-6-4-3-5-7-10/h3-7H,2,8-9H2,1H3,(H,15,16,17,18). The van der Waals surface area contributed by atoms with E-state index in [0.29, 0.717) is 13.0 Å². The van der Waals surface area contributed by atoms with Gasteiger partial charge in [-0.1, -0.05) is 30.3 Å². The first-order chi connectivity index (χ1) is 10.5. The molecule has 7 nitrogen and oxygen atoms in total. The summed E-state index contributed by atoms with van der Waals surface area (Å²) >= 11 is 5.71. The summed E-state index contributed by atoms with van der Waals surface area (Å²) in [5.74, 6) is -0.249. The Kier molecular flexibility index (Phi) is 5.51. The van der Waals surface area contributed by atoms with Crippen molar-refractivity contribution >= 4 is 27.6 Å². The van der Waals surface area contributed by atoms with Gasteiger partial charge in [0, 0.05) is 0 Å². The summed E-state index contributed by atoms with van der Waals surface area (Å²) in [5.41, 5.74) is 0.927. The second kappa shape index (κ2) is 7.37. The molecule has 2 rings (SSSR count). The Labute approximate surface area is 133 Å². The summed E-state index contributed by atoms with van der Waals surface area (Å²) in [7, 11) is -3.60. The molecule has 0 bridgehead atoms. The van der Waals surface area contributed by atoms with E-state index in [4.69, 9.17) is 16.3 Å². The molecule has 0 radical (unpaired) electrons. The maximum absolute atomic E-state index is 12.1. The molecular formula is C13H15ClN4O3S. The lowest BCUT2D eigenvalue weighted by atomic mass is 10.2. The number of aromatic nitrogens is 3. The molecule has 0 fully saturated rings. The molecule has 0 aliphatic carbocycles. The van der Waals surface area contributed by atoms with Gasteiger partial charge in [-0.3, -0.25) is 4.72 Å². The van der Waals surface area contributed by atoms with Gasteiger partial charge in [0.25, 0.3) is 0 Å². The zero-order valence-corrected chi connectivity index (χ0v) is 13.4. The van der Waals surface area contributed by atoms with Crippen LogP contribution in [0.3, 0.4) is 0 Å². The van der Waals surface area contributed by atoms with E-state index in [-0.39, 0.29) is 23.0 Å². The van der Waals surface area contributed by atoms with E-state index in [9.17, 15) is 8.42 Å². The van der Waals surface area contributed by atoms with Gasteiger partial charge in [0.15, 0.2) is 0 Å². The third-order valence-electron chi connectivity index (χ3n) is 2.61. The van der Waals surface area contributed by atoms with Gasteiger partial charge < -0.3 is 4.74 Å². The van der Waals surface area contributed by atoms with E-state index >= 15 is 0 Å². The molecule has 1 aromatic heterocycles. The quantitative estimate of drug-likeness (QED) is 0.826. The minimum atomic E-state index is -3.60. The summed E-state index contributed by atoms with van der Waals surface area (Å²) in [4.78, 5) is 11.3. The Balaban J connectivity index is 2.05. The van der Waals surface area contributed by atoms with Crippen LogP contribution in [0.5, 0.6) is 6.01 Å². The number of hydrogen-bond donors (Lipinski definition) is 1. The van der Waals surface area contributed by atoms with Gasteiger partial charge in [-0.25, -0.2) is 8.42 Å². The molecule has 1 heterocycles. The molecule has 0 atom stereocenters. The Morgan fingerprint density at radius 1 is 1.18 bits per heavy atom. The number of aryl methyl sites for hydroxylation is 1. The zero-order chi connectivity index (χ0) is 16.0. The SMILES string of the molecule is CCOc1nc(Cl)nc(NS(=O)(=O)CCc2ccccc2)n1. The van der Waals surface area contributed by atoms with Crippen LogP contribution in [0, 0.1) is 0 Å². The first-order valence-corrected chi connectivity index (χ1v) is 8.60. The molecule has 22 heavy (non-hydrogen) atoms. The number of sulfonamides is 1. The van der Waals surface area contributed by atoms with Gasteiger partial charge >= 0.3 is 6.01 Å². The Morgan fingerprint density at radius 2 is 1.91 bits per heavy atom. The number of nitrogens with zero attached hydrogens (tertiary/aromatic N) is 3. The van der Waals surface area contributed by atoms with Crippen LogP contribution in [0.25, 0.3) is 0 Å². The summed E-state index contributed by atoms with van der Waals surface area (Å²) in [6.07, 6.45) is 0.382. The molecule has 0 amide bonds. The van der Waals surface area contributed by atoms with Crippen LogP contribution in [-0.4, -0.2) is 35.7 Å². The monoisotopic (exact) mass is 342 g/mol. The number of anilines is 1. The Morgan fingerprint density at radius 3 is 2.59 bits per heavy atom. The number of rotatable bonds is 7. The number of nitrogens with one attached hydrogen (secondary N) is 1. The second-order valence-corrected chi connectivity index (χ2v) is 6.48. The molecule has 1 aromatic carbocycles. The van der Waals surface area contributed by atoms with E-state index in [2.05, 4.69) is 19.7 Å². The lowest BCUT2D eigenvalue weighted by Gasteiger charge is -2.08. The number of benzene rings is 1. The van der Waals surface area contributed by atoms with Crippen molar-refractivity contribution in [2.24, 2.45) is 0 Å². The van der Waals surface area contributed by atoms with E-state index < -0.39 is 10.0 Å². The minimum Gasteiger partial charge on any atom is -0.464 e. The van der Waals surface area contributed by atoms with Crippen molar-refractivity contribution in [2.45, 2.75) is 13.3 Å². The molecule has 0 saturated heterocycles. The molecule has 1 N–H and O–H groups in total. The van der Waals surface area contributed by atoms with Gasteiger partial charge in [-0.2, -0.15) is 15.0 Å². The van der Waals surface area contributed by atoms with E-state index in [0.717, 1.165) is 5.56 Å². The van der Waals surface area contributed by atoms with Crippen molar-refractivity contribution in [3.05, 3.63) is 41.2 Å². The summed E-state index contributed by atoms with van der Waals surface area (Å²) in [6.45, 7) is 2.09. The lowest BCUT2D eigenvalue weighted by Crippen LogP contribution is -2.20. The van der Waals surface area contributed by atoms with Crippen LogP contribution in [0.4, 0.5) is 5.95 Å². The number of hydrogen-bond acceptors (Lipinski definition) is 6. The maximum Gasteiger partial charge on any atom is 0.322 e. The van der Waals surface area contributed by atoms with Crippen LogP contribution in [-0.2, 0) is 16.4 Å². The van der Waals surface area contributed by atoms with E-state index in [1.165, 1.54) is 0 Å². The average Bonchev–Trinajstić information content (AvgIpc) is 2.45. The fraction of sp³-hybridized carbons (Fsp3) is 0.308. The van der Waals surface area contributed by atoms with Gasteiger partial charge in [-0.15, -0.1) is 0 Å². The van der Waals surface area contributed by atoms with Gasteiger partial charge in [0.1, 0.15) is 0 Å². The molecular weight excluding hydrogens is 328 g/mol. The highest BCUT2D eigenvalue weighted by Gasteiger charge is 2.14. The molecule has 0 saturated carbocycles. The Hall–Kier alpha value is -1.93. The first-order valence-electron chi connectivity index (χ1n) is 6.57. The number of halogens is 1. The van der Waals surface area contributed by atoms with E-state index in [1.807, 2.05) is 30.3 Å².